The van der Waals surface area contributed by atoms with Gasteiger partial charge in [-0.05, 0) is 28.5 Å². The predicted octanol–water partition coefficient (Wildman–Crippen LogP) is 4.28. The van der Waals surface area contributed by atoms with Gasteiger partial charge in [-0.2, -0.15) is 0 Å². The molecule has 1 aromatic rings. The summed E-state index contributed by atoms with van der Waals surface area (Å²) in [6.07, 6.45) is 8.22. The molecule has 1 aliphatic carbocycles. The summed E-state index contributed by atoms with van der Waals surface area (Å²) in [4.78, 5) is 30.0. The van der Waals surface area contributed by atoms with Crippen LogP contribution in [0.15, 0.2) is 47.1 Å². The normalized spacial score (nSPS) is 18.6. The van der Waals surface area contributed by atoms with E-state index in [-0.39, 0.29) is 22.8 Å². The molecule has 1 atom stereocenters. The molecule has 6 nitrogen and oxygen atoms in total. The summed E-state index contributed by atoms with van der Waals surface area (Å²) < 4.78 is 0. The topological polar surface area (TPSA) is 99.0 Å². The molecule has 3 N–H and O–H groups in total. The number of hydrogen-bond acceptors (Lipinski definition) is 5. The summed E-state index contributed by atoms with van der Waals surface area (Å²) in [5.74, 6) is -2.31. The number of carbonyl (C=O) groups excluding carboxylic acids is 2. The van der Waals surface area contributed by atoms with Gasteiger partial charge in [0, 0.05) is 11.8 Å². The Bertz CT molecular complexity index is 1040. The maximum Gasteiger partial charge on any atom is 0.261 e. The molecule has 0 radical (unpaired) electrons. The zero-order valence-corrected chi connectivity index (χ0v) is 18.2. The first-order chi connectivity index (χ1) is 13.8. The van der Waals surface area contributed by atoms with Crippen LogP contribution in [0.5, 0.6) is 11.5 Å². The van der Waals surface area contributed by atoms with Crippen molar-refractivity contribution >= 4 is 23.1 Å². The summed E-state index contributed by atoms with van der Waals surface area (Å²) >= 11 is 0. The third-order valence-corrected chi connectivity index (χ3v) is 5.26. The minimum absolute atomic E-state index is 0.0950. The van der Waals surface area contributed by atoms with Gasteiger partial charge in [0.05, 0.1) is 17.3 Å². The van der Waals surface area contributed by atoms with Crippen molar-refractivity contribution in [1.29, 1.82) is 0 Å². The number of benzene rings is 1. The molecule has 0 saturated heterocycles. The van der Waals surface area contributed by atoms with E-state index in [0.29, 0.717) is 16.8 Å². The van der Waals surface area contributed by atoms with Gasteiger partial charge in [0.25, 0.3) is 5.91 Å². The third-order valence-electron chi connectivity index (χ3n) is 5.26. The molecule has 6 heteroatoms. The maximum absolute atomic E-state index is 13.0. The smallest absolute Gasteiger partial charge is 0.261 e. The second-order valence-corrected chi connectivity index (χ2v) is 9.68. The average molecular weight is 408 g/mol. The first-order valence-electron chi connectivity index (χ1n) is 9.90. The van der Waals surface area contributed by atoms with Crippen LogP contribution >= 0.6 is 0 Å². The quantitative estimate of drug-likeness (QED) is 0.502. The highest BCUT2D eigenvalue weighted by atomic mass is 16.3. The van der Waals surface area contributed by atoms with Crippen molar-refractivity contribution < 1.29 is 19.8 Å². The lowest BCUT2D eigenvalue weighted by Gasteiger charge is -2.29. The zero-order chi connectivity index (χ0) is 22.4. The number of carbonyl (C=O) groups is 2. The number of fused-ring (bicyclic) bond motifs is 1. The fraction of sp³-hybridized carbons (Fsp3) is 0.375. The Kier molecular flexibility index (Phi) is 5.23. The maximum atomic E-state index is 13.0. The van der Waals surface area contributed by atoms with Gasteiger partial charge in [-0.25, -0.2) is 0 Å². The number of allylic oxidation sites excluding steroid dienone is 4. The number of aromatic hydroxyl groups is 2. The molecule has 0 aromatic heterocycles. The monoisotopic (exact) mass is 408 g/mol. The van der Waals surface area contributed by atoms with Crippen LogP contribution in [0, 0.1) is 5.92 Å². The van der Waals surface area contributed by atoms with E-state index >= 15 is 0 Å². The highest BCUT2D eigenvalue weighted by Gasteiger charge is 2.34. The van der Waals surface area contributed by atoms with Gasteiger partial charge < -0.3 is 15.5 Å². The molecule has 2 aliphatic rings. The fourth-order valence-corrected chi connectivity index (χ4v) is 3.55. The Hall–Kier alpha value is -3.15. The molecule has 158 valence electrons. The van der Waals surface area contributed by atoms with Crippen LogP contribution in [0.4, 0.5) is 5.69 Å². The molecule has 1 aliphatic heterocycles. The lowest BCUT2D eigenvalue weighted by Crippen LogP contribution is -2.32. The number of amides is 1. The number of Topliss-reactive ketones (excluding diaryl/α,β-unsaturated/α-hetero) is 1. The molecule has 3 rings (SSSR count). The minimum Gasteiger partial charge on any atom is -0.504 e. The molecule has 1 aromatic carbocycles. The second kappa shape index (κ2) is 7.27. The third kappa shape index (κ3) is 3.82. The number of hydrogen-bond donors (Lipinski definition) is 3. The van der Waals surface area contributed by atoms with Gasteiger partial charge in [0.15, 0.2) is 17.3 Å². The Morgan fingerprint density at radius 1 is 1.00 bits per heavy atom. The van der Waals surface area contributed by atoms with Crippen LogP contribution < -0.4 is 5.32 Å². The Labute approximate surface area is 176 Å². The Morgan fingerprint density at radius 2 is 1.63 bits per heavy atom. The van der Waals surface area contributed by atoms with Gasteiger partial charge in [-0.3, -0.25) is 14.6 Å². The predicted molar refractivity (Wildman–Crippen MR) is 118 cm³/mol. The zero-order valence-electron chi connectivity index (χ0n) is 18.2. The number of phenolic OH excluding ortho intramolecular Hbond substituents is 2. The van der Waals surface area contributed by atoms with Crippen molar-refractivity contribution in [2.75, 3.05) is 5.32 Å². The molecule has 1 heterocycles. The van der Waals surface area contributed by atoms with Crippen molar-refractivity contribution in [2.45, 2.75) is 52.4 Å². The van der Waals surface area contributed by atoms with E-state index in [4.69, 9.17) is 0 Å². The highest BCUT2D eigenvalue weighted by Crippen LogP contribution is 2.47. The number of aliphatic imine (C=N–C) groups is 1. The van der Waals surface area contributed by atoms with Gasteiger partial charge in [0.2, 0.25) is 0 Å². The van der Waals surface area contributed by atoms with Crippen molar-refractivity contribution in [3.8, 4) is 11.5 Å². The van der Waals surface area contributed by atoms with Crippen molar-refractivity contribution in [3.05, 3.63) is 53.3 Å². The molecule has 1 unspecified atom stereocenters. The first-order valence-corrected chi connectivity index (χ1v) is 9.90. The van der Waals surface area contributed by atoms with Crippen molar-refractivity contribution in [1.82, 2.24) is 0 Å². The summed E-state index contributed by atoms with van der Waals surface area (Å²) in [5, 5.41) is 24.0. The number of rotatable bonds is 2. The molecule has 0 fully saturated rings. The molecule has 0 spiro atoms. The van der Waals surface area contributed by atoms with Crippen molar-refractivity contribution in [2.24, 2.45) is 10.9 Å². The lowest BCUT2D eigenvalue weighted by atomic mass is 9.79. The van der Waals surface area contributed by atoms with E-state index in [0.717, 1.165) is 0 Å². The number of phenols is 2. The van der Waals surface area contributed by atoms with E-state index in [9.17, 15) is 19.8 Å². The number of anilines is 1. The van der Waals surface area contributed by atoms with Crippen LogP contribution in [0.1, 0.15) is 52.7 Å². The van der Waals surface area contributed by atoms with Crippen LogP contribution in [0.2, 0.25) is 0 Å². The van der Waals surface area contributed by atoms with E-state index in [1.165, 1.54) is 6.20 Å². The summed E-state index contributed by atoms with van der Waals surface area (Å²) in [5.41, 5.74) is 0.958. The standard InChI is InChI=1S/C24H28N2O4/c1-23(2,3)15-11-16(24(4,5)6)20(28)21(29)18(15)26-22(30)14-12-25-17-10-8-7-9-13(17)19(14)27/h7-13,28-29H,1-6H3,(H,26,30). The second-order valence-electron chi connectivity index (χ2n) is 9.68. The Morgan fingerprint density at radius 3 is 2.23 bits per heavy atom. The van der Waals surface area contributed by atoms with Crippen LogP contribution in [-0.4, -0.2) is 27.6 Å². The molecule has 30 heavy (non-hydrogen) atoms. The van der Waals surface area contributed by atoms with Crippen molar-refractivity contribution in [3.63, 3.8) is 0 Å². The SMILES string of the molecule is CC(C)(C)c1cc(C(C)(C)C)c(NC(=O)C2=CN=C3C=CC=CC3C2=O)c(O)c1O. The summed E-state index contributed by atoms with van der Waals surface area (Å²) in [7, 11) is 0. The molecular weight excluding hydrogens is 380 g/mol. The summed E-state index contributed by atoms with van der Waals surface area (Å²) in [6, 6.07) is 1.80. The summed E-state index contributed by atoms with van der Waals surface area (Å²) in [6.45, 7) is 11.6. The molecule has 0 saturated carbocycles. The van der Waals surface area contributed by atoms with E-state index in [2.05, 4.69) is 10.3 Å². The van der Waals surface area contributed by atoms with E-state index < -0.39 is 28.4 Å². The number of nitrogens with one attached hydrogen (secondary N) is 1. The van der Waals surface area contributed by atoms with Gasteiger partial charge in [-0.1, -0.05) is 59.8 Å². The van der Waals surface area contributed by atoms with Gasteiger partial charge in [0.1, 0.15) is 5.57 Å². The number of ketones is 1. The molecule has 1 amide bonds. The number of nitrogens with zero attached hydrogens (tertiary/aromatic N) is 1. The van der Waals surface area contributed by atoms with Gasteiger partial charge in [-0.15, -0.1) is 0 Å². The Balaban J connectivity index is 2.05. The fourth-order valence-electron chi connectivity index (χ4n) is 3.55. The van der Waals surface area contributed by atoms with Gasteiger partial charge >= 0.3 is 0 Å². The highest BCUT2D eigenvalue weighted by molar-refractivity contribution is 6.31. The van der Waals surface area contributed by atoms with E-state index in [1.54, 1.807) is 30.4 Å². The minimum atomic E-state index is -0.672. The average Bonchev–Trinajstić information content (AvgIpc) is 2.64. The van der Waals surface area contributed by atoms with Crippen LogP contribution in [0.25, 0.3) is 0 Å². The molecule has 0 bridgehead atoms. The molecular formula is C24H28N2O4. The lowest BCUT2D eigenvalue weighted by molar-refractivity contribution is -0.120. The van der Waals surface area contributed by atoms with E-state index in [1.807, 2.05) is 41.5 Å². The van der Waals surface area contributed by atoms with Crippen LogP contribution in [0.3, 0.4) is 0 Å². The largest absolute Gasteiger partial charge is 0.504 e. The van der Waals surface area contributed by atoms with Crippen LogP contribution in [-0.2, 0) is 20.4 Å². The first kappa shape index (κ1) is 21.6.